The number of rotatable bonds is 18. The van der Waals surface area contributed by atoms with Crippen LogP contribution in [0.5, 0.6) is 0 Å². The van der Waals surface area contributed by atoms with E-state index in [0.717, 1.165) is 0 Å². The molecule has 30 heteroatoms. The van der Waals surface area contributed by atoms with E-state index in [0.29, 0.717) is 61.1 Å². The predicted octanol–water partition coefficient (Wildman–Crippen LogP) is -6.09. The van der Waals surface area contributed by atoms with Crippen LogP contribution in [0.1, 0.15) is 76.5 Å². The molecule has 0 saturated carbocycles. The third kappa shape index (κ3) is 10.3. The van der Waals surface area contributed by atoms with Crippen LogP contribution < -0.4 is 0 Å². The second-order valence-electron chi connectivity index (χ2n) is 13.5. The van der Waals surface area contributed by atoms with Crippen LogP contribution in [-0.2, 0) is 55.5 Å². The molecule has 6 aromatic rings. The summed E-state index contributed by atoms with van der Waals surface area (Å²) in [5.41, 5.74) is -1.93. The van der Waals surface area contributed by atoms with Gasteiger partial charge in [-0.05, 0) is 93.7 Å². The average Bonchev–Trinajstić information content (AvgIpc) is 4.01. The van der Waals surface area contributed by atoms with Gasteiger partial charge in [0.25, 0.3) is 0 Å². The molecule has 6 heterocycles. The first-order valence-corrected chi connectivity index (χ1v) is 17.6. The Hall–Kier alpha value is -5.82. The molecule has 0 radical (unpaired) electrons. The number of aromatic nitrogens is 24. The van der Waals surface area contributed by atoms with Gasteiger partial charge < -0.3 is 30.6 Å². The maximum atomic E-state index is 9.00. The van der Waals surface area contributed by atoms with E-state index in [-0.39, 0.29) is 52.7 Å². The Bertz CT molecular complexity index is 1830. The van der Waals surface area contributed by atoms with E-state index in [1.54, 1.807) is 0 Å². The standard InChI is InChI=1S/3C9H16N8O2/c2*1-9(2,7-10-12-14-16(7)3-5-18)8-11-13-15-17(8)4-6-19;1-9(2,7-10-14-16(12-7)3-5-18)8-11-15-17(13-8)4-6-19/h3*18-19H,3-6H2,1-2H3. The van der Waals surface area contributed by atoms with Crippen molar-refractivity contribution in [1.29, 1.82) is 0 Å². The van der Waals surface area contributed by atoms with E-state index < -0.39 is 16.2 Å². The number of hydrogen-bond donors (Lipinski definition) is 6. The Balaban J connectivity index is 0.000000189. The first kappa shape index (κ1) is 43.9. The Morgan fingerprint density at radius 2 is 0.614 bits per heavy atom. The fourth-order valence-electron chi connectivity index (χ4n) is 5.25. The SMILES string of the molecule is CC(C)(c1nnn(CCO)n1)c1nnn(CCO)n1.CC(C)(c1nnnn1CCO)c1nnnn1CCO.CC(C)(c1nnnn1CCO)c1nnnn1CCO. The van der Waals surface area contributed by atoms with Crippen molar-refractivity contribution in [2.45, 2.75) is 97.1 Å². The Morgan fingerprint density at radius 1 is 0.351 bits per heavy atom. The molecule has 312 valence electrons. The van der Waals surface area contributed by atoms with Crippen LogP contribution in [0.2, 0.25) is 0 Å². The van der Waals surface area contributed by atoms with E-state index in [1.165, 1.54) is 28.3 Å². The predicted molar refractivity (Wildman–Crippen MR) is 186 cm³/mol. The first-order valence-electron chi connectivity index (χ1n) is 17.6. The highest BCUT2D eigenvalue weighted by Crippen LogP contribution is 2.28. The highest BCUT2D eigenvalue weighted by molar-refractivity contribution is 5.18. The minimum Gasteiger partial charge on any atom is -0.394 e. The number of nitrogens with zero attached hydrogens (tertiary/aromatic N) is 24. The molecule has 30 nitrogen and oxygen atoms in total. The summed E-state index contributed by atoms with van der Waals surface area (Å²) in [6, 6.07) is 0. The van der Waals surface area contributed by atoms with E-state index >= 15 is 0 Å². The zero-order valence-corrected chi connectivity index (χ0v) is 32.4. The van der Waals surface area contributed by atoms with Gasteiger partial charge in [0.05, 0.1) is 95.2 Å². The molecule has 0 aliphatic carbocycles. The van der Waals surface area contributed by atoms with Crippen molar-refractivity contribution in [3.63, 3.8) is 0 Å². The van der Waals surface area contributed by atoms with Crippen LogP contribution in [0.4, 0.5) is 0 Å². The minimum absolute atomic E-state index is 0.0544. The molecule has 0 bridgehead atoms. The number of aliphatic hydroxyl groups excluding tert-OH is 6. The van der Waals surface area contributed by atoms with E-state index in [2.05, 4.69) is 92.9 Å². The molecule has 0 aliphatic heterocycles. The lowest BCUT2D eigenvalue weighted by Crippen LogP contribution is -2.30. The lowest BCUT2D eigenvalue weighted by atomic mass is 9.91. The fourth-order valence-corrected chi connectivity index (χ4v) is 5.25. The average molecular weight is 805 g/mol. The third-order valence-corrected chi connectivity index (χ3v) is 8.23. The van der Waals surface area contributed by atoms with E-state index in [4.69, 9.17) is 30.6 Å². The normalized spacial score (nSPS) is 12.0. The van der Waals surface area contributed by atoms with Crippen molar-refractivity contribution >= 4 is 0 Å². The van der Waals surface area contributed by atoms with Gasteiger partial charge in [-0.25, -0.2) is 18.7 Å². The minimum atomic E-state index is -0.651. The van der Waals surface area contributed by atoms with Gasteiger partial charge in [-0.3, -0.25) is 0 Å². The van der Waals surface area contributed by atoms with Crippen molar-refractivity contribution < 1.29 is 30.6 Å². The maximum absolute atomic E-state index is 9.00. The number of tetrazole rings is 6. The zero-order chi connectivity index (χ0) is 41.6. The summed E-state index contributed by atoms with van der Waals surface area (Å²) >= 11 is 0. The summed E-state index contributed by atoms with van der Waals surface area (Å²) in [5, 5.41) is 123. The molecule has 0 aliphatic rings. The second-order valence-corrected chi connectivity index (χ2v) is 13.5. The Kier molecular flexibility index (Phi) is 15.3. The molecule has 0 saturated heterocycles. The summed E-state index contributed by atoms with van der Waals surface area (Å²) in [7, 11) is 0. The zero-order valence-electron chi connectivity index (χ0n) is 32.4. The van der Waals surface area contributed by atoms with Crippen LogP contribution >= 0.6 is 0 Å². The molecule has 57 heavy (non-hydrogen) atoms. The molecular weight excluding hydrogens is 756 g/mol. The quantitative estimate of drug-likeness (QED) is 0.0471. The highest BCUT2D eigenvalue weighted by Gasteiger charge is 2.37. The molecule has 6 aromatic heterocycles. The van der Waals surface area contributed by atoms with E-state index in [1.807, 2.05) is 41.5 Å². The molecule has 0 spiro atoms. The van der Waals surface area contributed by atoms with E-state index in [9.17, 15) is 0 Å². The molecule has 6 N–H and O–H groups in total. The molecule has 0 unspecified atom stereocenters. The van der Waals surface area contributed by atoms with Crippen LogP contribution in [0, 0.1) is 0 Å². The summed E-state index contributed by atoms with van der Waals surface area (Å²) < 4.78 is 6.05. The van der Waals surface area contributed by atoms with Crippen LogP contribution in [0.25, 0.3) is 0 Å². The van der Waals surface area contributed by atoms with Gasteiger partial charge in [-0.2, -0.15) is 9.59 Å². The summed E-state index contributed by atoms with van der Waals surface area (Å²) in [4.78, 5) is 2.63. The lowest BCUT2D eigenvalue weighted by Gasteiger charge is -2.21. The monoisotopic (exact) mass is 804 g/mol. The van der Waals surface area contributed by atoms with Crippen molar-refractivity contribution in [2.75, 3.05) is 39.6 Å². The first-order chi connectivity index (χ1) is 27.3. The van der Waals surface area contributed by atoms with Crippen molar-refractivity contribution in [3.05, 3.63) is 34.9 Å². The molecule has 0 amide bonds. The number of hydrogen-bond acceptors (Lipinski definition) is 24. The van der Waals surface area contributed by atoms with Crippen molar-refractivity contribution in [3.8, 4) is 0 Å². The molecule has 0 atom stereocenters. The third-order valence-electron chi connectivity index (χ3n) is 8.23. The maximum Gasteiger partial charge on any atom is 0.188 e. The highest BCUT2D eigenvalue weighted by atomic mass is 16.3. The smallest absolute Gasteiger partial charge is 0.188 e. The summed E-state index contributed by atoms with van der Waals surface area (Å²) in [5.74, 6) is 3.10. The Labute approximate surface area is 323 Å². The van der Waals surface area contributed by atoms with Gasteiger partial charge in [0.1, 0.15) is 0 Å². The van der Waals surface area contributed by atoms with Gasteiger partial charge in [0.2, 0.25) is 0 Å². The largest absolute Gasteiger partial charge is 0.394 e. The van der Waals surface area contributed by atoms with Gasteiger partial charge in [-0.15, -0.1) is 40.8 Å². The Morgan fingerprint density at radius 3 is 0.860 bits per heavy atom. The van der Waals surface area contributed by atoms with Crippen LogP contribution in [-0.4, -0.2) is 192 Å². The second kappa shape index (κ2) is 19.9. The summed E-state index contributed by atoms with van der Waals surface area (Å²) in [6.45, 7) is 12.7. The molecule has 0 aromatic carbocycles. The van der Waals surface area contributed by atoms with Crippen molar-refractivity contribution in [2.24, 2.45) is 0 Å². The van der Waals surface area contributed by atoms with Crippen LogP contribution in [0.15, 0.2) is 0 Å². The topological polar surface area (TPSA) is 383 Å². The molecular formula is C27H48N24O6. The van der Waals surface area contributed by atoms with Crippen molar-refractivity contribution in [1.82, 2.24) is 121 Å². The van der Waals surface area contributed by atoms with Gasteiger partial charge in [0, 0.05) is 0 Å². The van der Waals surface area contributed by atoms with Crippen LogP contribution in [0.3, 0.4) is 0 Å². The van der Waals surface area contributed by atoms with Gasteiger partial charge >= 0.3 is 0 Å². The molecule has 6 rings (SSSR count). The van der Waals surface area contributed by atoms with Gasteiger partial charge in [0.15, 0.2) is 34.9 Å². The van der Waals surface area contributed by atoms with Gasteiger partial charge in [-0.1, -0.05) is 0 Å². The fraction of sp³-hybridized carbons (Fsp3) is 0.778. The molecule has 0 fully saturated rings. The lowest BCUT2D eigenvalue weighted by molar-refractivity contribution is 0.256. The summed E-state index contributed by atoms with van der Waals surface area (Å²) in [6.07, 6.45) is 0. The number of aliphatic hydroxyl groups is 6.